The van der Waals surface area contributed by atoms with Crippen molar-refractivity contribution in [2.24, 2.45) is 5.92 Å². The molecule has 0 aromatic heterocycles. The van der Waals surface area contributed by atoms with Gasteiger partial charge in [-0.15, -0.1) is 0 Å². The molecule has 0 saturated carbocycles. The van der Waals surface area contributed by atoms with E-state index < -0.39 is 29.8 Å². The molecule has 6 heteroatoms. The summed E-state index contributed by atoms with van der Waals surface area (Å²) in [5.74, 6) is -0.573. The molecule has 0 fully saturated rings. The number of amides is 1. The van der Waals surface area contributed by atoms with Gasteiger partial charge in [0.2, 0.25) is 0 Å². The van der Waals surface area contributed by atoms with E-state index in [9.17, 15) is 14.7 Å². The monoisotopic (exact) mass is 275 g/mol. The number of carbonyl (C=O) groups is 2. The highest BCUT2D eigenvalue weighted by molar-refractivity contribution is 5.71. The van der Waals surface area contributed by atoms with Crippen molar-refractivity contribution in [3.63, 3.8) is 0 Å². The molecule has 6 nitrogen and oxygen atoms in total. The summed E-state index contributed by atoms with van der Waals surface area (Å²) in [5, 5.41) is 12.5. The maximum absolute atomic E-state index is 11.7. The van der Waals surface area contributed by atoms with E-state index in [-0.39, 0.29) is 12.3 Å². The number of nitrogens with one attached hydrogen (secondary N) is 1. The highest BCUT2D eigenvalue weighted by atomic mass is 16.6. The molecule has 0 saturated heterocycles. The van der Waals surface area contributed by atoms with E-state index in [1.54, 1.807) is 20.8 Å². The zero-order chi connectivity index (χ0) is 15.2. The minimum atomic E-state index is -1.01. The molecule has 112 valence electrons. The molecule has 0 radical (unpaired) electrons. The Morgan fingerprint density at radius 2 is 1.79 bits per heavy atom. The van der Waals surface area contributed by atoms with Gasteiger partial charge in [0.25, 0.3) is 0 Å². The average molecular weight is 275 g/mol. The van der Waals surface area contributed by atoms with Gasteiger partial charge in [-0.05, 0) is 26.7 Å². The maximum Gasteiger partial charge on any atom is 0.407 e. The summed E-state index contributed by atoms with van der Waals surface area (Å²) in [4.78, 5) is 22.8. The third-order valence-electron chi connectivity index (χ3n) is 2.42. The third-order valence-corrected chi connectivity index (χ3v) is 2.42. The Morgan fingerprint density at radius 3 is 2.16 bits per heavy atom. The van der Waals surface area contributed by atoms with Crippen molar-refractivity contribution < 1.29 is 24.2 Å². The molecule has 0 bridgehead atoms. The minimum absolute atomic E-state index is 0.0489. The van der Waals surface area contributed by atoms with Crippen molar-refractivity contribution in [3.05, 3.63) is 0 Å². The van der Waals surface area contributed by atoms with Crippen LogP contribution in [0.3, 0.4) is 0 Å². The first-order valence-corrected chi connectivity index (χ1v) is 6.31. The van der Waals surface area contributed by atoms with Gasteiger partial charge in [0.1, 0.15) is 5.60 Å². The fourth-order valence-corrected chi connectivity index (χ4v) is 1.53. The molecule has 19 heavy (non-hydrogen) atoms. The molecule has 2 N–H and O–H groups in total. The van der Waals surface area contributed by atoms with Crippen molar-refractivity contribution in [2.45, 2.75) is 58.8 Å². The van der Waals surface area contributed by atoms with Gasteiger partial charge in [0.05, 0.1) is 25.7 Å². The van der Waals surface area contributed by atoms with Crippen LogP contribution in [0.4, 0.5) is 4.79 Å². The quantitative estimate of drug-likeness (QED) is 0.742. The number of hydrogen-bond donors (Lipinski definition) is 2. The Morgan fingerprint density at radius 1 is 1.26 bits per heavy atom. The number of esters is 1. The summed E-state index contributed by atoms with van der Waals surface area (Å²) in [5.41, 5.74) is -0.612. The molecule has 0 aliphatic carbocycles. The van der Waals surface area contributed by atoms with Gasteiger partial charge in [-0.25, -0.2) is 4.79 Å². The molecule has 0 aliphatic rings. The molecule has 0 aromatic carbocycles. The van der Waals surface area contributed by atoms with E-state index in [2.05, 4.69) is 10.1 Å². The van der Waals surface area contributed by atoms with Crippen LogP contribution in [0.25, 0.3) is 0 Å². The first kappa shape index (κ1) is 17.7. The van der Waals surface area contributed by atoms with Gasteiger partial charge >= 0.3 is 12.1 Å². The van der Waals surface area contributed by atoms with E-state index in [0.717, 1.165) is 0 Å². The van der Waals surface area contributed by atoms with E-state index in [1.807, 2.05) is 13.8 Å². The molecule has 0 rings (SSSR count). The fourth-order valence-electron chi connectivity index (χ4n) is 1.53. The second-order valence-electron chi connectivity index (χ2n) is 5.76. The zero-order valence-electron chi connectivity index (χ0n) is 12.5. The van der Waals surface area contributed by atoms with Crippen molar-refractivity contribution in [1.82, 2.24) is 5.32 Å². The molecule has 0 unspecified atom stereocenters. The van der Waals surface area contributed by atoms with Gasteiger partial charge in [-0.2, -0.15) is 0 Å². The molecule has 2 atom stereocenters. The van der Waals surface area contributed by atoms with Gasteiger partial charge in [-0.3, -0.25) is 4.79 Å². The summed E-state index contributed by atoms with van der Waals surface area (Å²) >= 11 is 0. The smallest absolute Gasteiger partial charge is 0.407 e. The lowest BCUT2D eigenvalue weighted by Crippen LogP contribution is -2.49. The number of methoxy groups -OCH3 is 1. The summed E-state index contributed by atoms with van der Waals surface area (Å²) in [6, 6.07) is -0.575. The SMILES string of the molecule is COC(=O)C[C@H](O)[C@@H](NC(=O)OC(C)(C)C)C(C)C. The van der Waals surface area contributed by atoms with Crippen LogP contribution in [-0.4, -0.2) is 42.0 Å². The van der Waals surface area contributed by atoms with E-state index >= 15 is 0 Å². The molecule has 0 aromatic rings. The Bertz CT molecular complexity index is 309. The van der Waals surface area contributed by atoms with Crippen LogP contribution < -0.4 is 5.32 Å². The number of ether oxygens (including phenoxy) is 2. The highest BCUT2D eigenvalue weighted by Crippen LogP contribution is 2.13. The Labute approximate surface area is 114 Å². The first-order valence-electron chi connectivity index (χ1n) is 6.31. The van der Waals surface area contributed by atoms with Gasteiger partial charge < -0.3 is 19.9 Å². The summed E-state index contributed by atoms with van der Waals surface area (Å²) < 4.78 is 9.62. The molecule has 0 heterocycles. The van der Waals surface area contributed by atoms with Crippen LogP contribution in [0.5, 0.6) is 0 Å². The lowest BCUT2D eigenvalue weighted by molar-refractivity contribution is -0.143. The lowest BCUT2D eigenvalue weighted by Gasteiger charge is -2.28. The molecular weight excluding hydrogens is 250 g/mol. The largest absolute Gasteiger partial charge is 0.469 e. The van der Waals surface area contributed by atoms with Crippen LogP contribution in [-0.2, 0) is 14.3 Å². The van der Waals surface area contributed by atoms with Gasteiger partial charge in [-0.1, -0.05) is 13.8 Å². The fraction of sp³-hybridized carbons (Fsp3) is 0.846. The number of rotatable bonds is 5. The Balaban J connectivity index is 4.57. The minimum Gasteiger partial charge on any atom is -0.469 e. The van der Waals surface area contributed by atoms with Crippen LogP contribution in [0.2, 0.25) is 0 Å². The van der Waals surface area contributed by atoms with E-state index in [4.69, 9.17) is 4.74 Å². The van der Waals surface area contributed by atoms with Crippen LogP contribution in [0.1, 0.15) is 41.0 Å². The predicted molar refractivity (Wildman–Crippen MR) is 70.6 cm³/mol. The van der Waals surface area contributed by atoms with Crippen molar-refractivity contribution in [1.29, 1.82) is 0 Å². The van der Waals surface area contributed by atoms with Crippen molar-refractivity contribution in [3.8, 4) is 0 Å². The van der Waals surface area contributed by atoms with Crippen LogP contribution >= 0.6 is 0 Å². The average Bonchev–Trinajstić information content (AvgIpc) is 2.22. The van der Waals surface area contributed by atoms with Gasteiger partial charge in [0, 0.05) is 0 Å². The predicted octanol–water partition coefficient (Wildman–Crippen LogP) is 1.46. The summed E-state index contributed by atoms with van der Waals surface area (Å²) in [7, 11) is 1.25. The second kappa shape index (κ2) is 7.33. The lowest BCUT2D eigenvalue weighted by atomic mass is 9.96. The normalized spacial score (nSPS) is 14.7. The third kappa shape index (κ3) is 7.66. The van der Waals surface area contributed by atoms with Crippen LogP contribution in [0.15, 0.2) is 0 Å². The summed E-state index contributed by atoms with van der Waals surface area (Å²) in [6.07, 6.45) is -1.80. The molecule has 0 aliphatic heterocycles. The number of carbonyl (C=O) groups excluding carboxylic acids is 2. The first-order chi connectivity index (χ1) is 8.56. The standard InChI is InChI=1S/C13H25NO5/c1-8(2)11(9(15)7-10(16)18-6)14-12(17)19-13(3,4)5/h8-9,11,15H,7H2,1-6H3,(H,14,17)/t9-,11-/m0/s1. The zero-order valence-corrected chi connectivity index (χ0v) is 12.5. The van der Waals surface area contributed by atoms with Gasteiger partial charge in [0.15, 0.2) is 0 Å². The Hall–Kier alpha value is -1.30. The number of hydrogen-bond acceptors (Lipinski definition) is 5. The topological polar surface area (TPSA) is 84.9 Å². The highest BCUT2D eigenvalue weighted by Gasteiger charge is 2.28. The molecule has 0 spiro atoms. The van der Waals surface area contributed by atoms with Crippen LogP contribution in [0, 0.1) is 5.92 Å². The van der Waals surface area contributed by atoms with Crippen molar-refractivity contribution >= 4 is 12.1 Å². The Kier molecular flexibility index (Phi) is 6.83. The maximum atomic E-state index is 11.7. The van der Waals surface area contributed by atoms with E-state index in [1.165, 1.54) is 7.11 Å². The van der Waals surface area contributed by atoms with E-state index in [0.29, 0.717) is 0 Å². The second-order valence-corrected chi connectivity index (χ2v) is 5.76. The number of aliphatic hydroxyl groups is 1. The van der Waals surface area contributed by atoms with Crippen molar-refractivity contribution in [2.75, 3.05) is 7.11 Å². The summed E-state index contributed by atoms with van der Waals surface area (Å²) in [6.45, 7) is 8.93. The number of alkyl carbamates (subject to hydrolysis) is 1. The molecular formula is C13H25NO5. The molecule has 1 amide bonds. The number of aliphatic hydroxyl groups excluding tert-OH is 1.